The van der Waals surface area contributed by atoms with Crippen molar-refractivity contribution in [1.29, 1.82) is 0 Å². The van der Waals surface area contributed by atoms with Gasteiger partial charge in [-0.2, -0.15) is 0 Å². The summed E-state index contributed by atoms with van der Waals surface area (Å²) in [6.45, 7) is 0. The van der Waals surface area contributed by atoms with Crippen LogP contribution in [0.4, 0.5) is 0 Å². The van der Waals surface area contributed by atoms with Crippen molar-refractivity contribution in [1.82, 2.24) is 15.0 Å². The zero-order valence-corrected chi connectivity index (χ0v) is 27.5. The van der Waals surface area contributed by atoms with Gasteiger partial charge in [0.2, 0.25) is 0 Å². The Morgan fingerprint density at radius 2 is 0.922 bits per heavy atom. The molecule has 0 spiro atoms. The maximum Gasteiger partial charge on any atom is 0.164 e. The van der Waals surface area contributed by atoms with Crippen LogP contribution in [0.15, 0.2) is 180 Å². The first-order valence-corrected chi connectivity index (χ1v) is 17.1. The molecule has 0 saturated carbocycles. The number of furan rings is 1. The van der Waals surface area contributed by atoms with Gasteiger partial charge >= 0.3 is 0 Å². The second kappa shape index (κ2) is 11.9. The number of hydrogen-bond acceptors (Lipinski definition) is 4. The number of nitrogens with zero attached hydrogens (tertiary/aromatic N) is 3. The maximum atomic E-state index is 6.29. The lowest BCUT2D eigenvalue weighted by molar-refractivity contribution is 0.669. The van der Waals surface area contributed by atoms with Crippen LogP contribution >= 0.6 is 0 Å². The zero-order chi connectivity index (χ0) is 33.7. The zero-order valence-electron chi connectivity index (χ0n) is 27.5. The van der Waals surface area contributed by atoms with Gasteiger partial charge in [-0.1, -0.05) is 146 Å². The Bertz CT molecular complexity index is 2920. The molecular weight excluding hydrogens is 623 g/mol. The third-order valence-electron chi connectivity index (χ3n) is 9.71. The van der Waals surface area contributed by atoms with E-state index in [9.17, 15) is 0 Å². The van der Waals surface area contributed by atoms with E-state index < -0.39 is 0 Å². The van der Waals surface area contributed by atoms with E-state index in [0.717, 1.165) is 71.7 Å². The molecule has 10 aromatic rings. The number of para-hydroxylation sites is 1. The Kier molecular flexibility index (Phi) is 6.78. The van der Waals surface area contributed by atoms with Crippen LogP contribution in [0.25, 0.3) is 99.9 Å². The fourth-order valence-electron chi connectivity index (χ4n) is 7.21. The van der Waals surface area contributed by atoms with Crippen molar-refractivity contribution in [2.75, 3.05) is 0 Å². The Labute approximate surface area is 294 Å². The number of hydrogen-bond donors (Lipinski definition) is 0. The van der Waals surface area contributed by atoms with Gasteiger partial charge in [-0.05, 0) is 68.7 Å². The normalized spacial score (nSPS) is 11.5. The lowest BCUT2D eigenvalue weighted by Gasteiger charge is -2.14. The lowest BCUT2D eigenvalue weighted by atomic mass is 9.93. The van der Waals surface area contributed by atoms with E-state index in [-0.39, 0.29) is 0 Å². The molecule has 238 valence electrons. The molecule has 10 rings (SSSR count). The third kappa shape index (κ3) is 5.13. The molecule has 0 aliphatic carbocycles. The average Bonchev–Trinajstić information content (AvgIpc) is 3.58. The molecule has 0 aliphatic heterocycles. The first-order valence-electron chi connectivity index (χ1n) is 17.1. The first-order chi connectivity index (χ1) is 25.2. The highest BCUT2D eigenvalue weighted by molar-refractivity contribution is 6.07. The summed E-state index contributed by atoms with van der Waals surface area (Å²) in [5, 5.41) is 6.79. The summed E-state index contributed by atoms with van der Waals surface area (Å²) >= 11 is 0. The molecule has 0 aliphatic rings. The largest absolute Gasteiger partial charge is 0.456 e. The molecule has 0 bridgehead atoms. The fourth-order valence-corrected chi connectivity index (χ4v) is 7.21. The topological polar surface area (TPSA) is 51.8 Å². The Morgan fingerprint density at radius 3 is 1.78 bits per heavy atom. The van der Waals surface area contributed by atoms with E-state index in [0.29, 0.717) is 17.5 Å². The molecule has 4 nitrogen and oxygen atoms in total. The monoisotopic (exact) mass is 651 g/mol. The van der Waals surface area contributed by atoms with Crippen molar-refractivity contribution in [3.8, 4) is 56.4 Å². The van der Waals surface area contributed by atoms with Crippen LogP contribution in [0.2, 0.25) is 0 Å². The number of fused-ring (bicyclic) bond motifs is 5. The van der Waals surface area contributed by atoms with Crippen molar-refractivity contribution in [2.45, 2.75) is 0 Å². The summed E-state index contributed by atoms with van der Waals surface area (Å²) < 4.78 is 6.29. The van der Waals surface area contributed by atoms with Gasteiger partial charge in [-0.15, -0.1) is 0 Å². The Balaban J connectivity index is 1.20. The van der Waals surface area contributed by atoms with Gasteiger partial charge in [-0.25, -0.2) is 15.0 Å². The van der Waals surface area contributed by atoms with Crippen molar-refractivity contribution in [2.24, 2.45) is 0 Å². The van der Waals surface area contributed by atoms with Crippen molar-refractivity contribution >= 4 is 43.5 Å². The average molecular weight is 652 g/mol. The second-order valence-electron chi connectivity index (χ2n) is 12.8. The van der Waals surface area contributed by atoms with Gasteiger partial charge in [0.1, 0.15) is 11.2 Å². The summed E-state index contributed by atoms with van der Waals surface area (Å²) in [5.41, 5.74) is 8.90. The van der Waals surface area contributed by atoms with Crippen LogP contribution in [-0.2, 0) is 0 Å². The van der Waals surface area contributed by atoms with Crippen LogP contribution in [0.5, 0.6) is 0 Å². The molecule has 0 radical (unpaired) electrons. The molecule has 0 N–H and O–H groups in total. The van der Waals surface area contributed by atoms with Crippen molar-refractivity contribution in [3.05, 3.63) is 176 Å². The van der Waals surface area contributed by atoms with Crippen LogP contribution in [0, 0.1) is 0 Å². The molecule has 0 amide bonds. The van der Waals surface area contributed by atoms with Crippen molar-refractivity contribution in [3.63, 3.8) is 0 Å². The smallest absolute Gasteiger partial charge is 0.164 e. The van der Waals surface area contributed by atoms with Gasteiger partial charge < -0.3 is 4.42 Å². The maximum absolute atomic E-state index is 6.29. The van der Waals surface area contributed by atoms with Gasteiger partial charge in [0, 0.05) is 32.8 Å². The minimum Gasteiger partial charge on any atom is -0.456 e. The van der Waals surface area contributed by atoms with Crippen molar-refractivity contribution < 1.29 is 4.42 Å². The first kappa shape index (κ1) is 29.0. The molecular formula is C47H29N3O. The minimum absolute atomic E-state index is 0.586. The number of aromatic nitrogens is 3. The molecule has 4 heteroatoms. The number of rotatable bonds is 5. The Hall–Kier alpha value is -6.91. The SMILES string of the molecule is c1ccc(-c2cccc(-c3nc(-c4ccc5c(c4)oc4ccccc45)nc(-c4cccc5cccc(-c6ccc7ccccc7c6)c45)n3)c2)cc1. The highest BCUT2D eigenvalue weighted by Crippen LogP contribution is 2.38. The predicted octanol–water partition coefficient (Wildman–Crippen LogP) is 12.4. The van der Waals surface area contributed by atoms with Crippen LogP contribution in [0.3, 0.4) is 0 Å². The quantitative estimate of drug-likeness (QED) is 0.186. The minimum atomic E-state index is 0.586. The fraction of sp³-hybridized carbons (Fsp3) is 0. The van der Waals surface area contributed by atoms with E-state index in [1.807, 2.05) is 30.3 Å². The van der Waals surface area contributed by atoms with Crippen LogP contribution in [0.1, 0.15) is 0 Å². The highest BCUT2D eigenvalue weighted by atomic mass is 16.3. The molecule has 8 aromatic carbocycles. The molecule has 0 fully saturated rings. The Morgan fingerprint density at radius 1 is 0.314 bits per heavy atom. The van der Waals surface area contributed by atoms with Gasteiger partial charge in [0.05, 0.1) is 0 Å². The highest BCUT2D eigenvalue weighted by Gasteiger charge is 2.18. The summed E-state index contributed by atoms with van der Waals surface area (Å²) in [5.74, 6) is 1.81. The van der Waals surface area contributed by atoms with E-state index in [2.05, 4.69) is 146 Å². The summed E-state index contributed by atoms with van der Waals surface area (Å²) in [6.07, 6.45) is 0. The summed E-state index contributed by atoms with van der Waals surface area (Å²) in [4.78, 5) is 15.6. The number of benzene rings is 8. The van der Waals surface area contributed by atoms with E-state index >= 15 is 0 Å². The van der Waals surface area contributed by atoms with Gasteiger partial charge in [0.25, 0.3) is 0 Å². The molecule has 0 atom stereocenters. The standard InChI is InChI=1S/C47H29N3O/c1-2-11-30(12-3-1)34-17-8-18-36(28-34)45-48-46(37-25-26-40-39-19-6-7-22-42(39)51-43(40)29-37)50-47(49-45)41-21-10-16-32-15-9-20-38(44(32)41)35-24-23-31-13-4-5-14-33(31)27-35/h1-29H. The molecule has 2 heterocycles. The molecule has 0 unspecified atom stereocenters. The summed E-state index contributed by atoms with van der Waals surface area (Å²) in [6, 6.07) is 61.1. The van der Waals surface area contributed by atoms with E-state index in [1.54, 1.807) is 0 Å². The second-order valence-corrected chi connectivity index (χ2v) is 12.8. The summed E-state index contributed by atoms with van der Waals surface area (Å²) in [7, 11) is 0. The van der Waals surface area contributed by atoms with Crippen LogP contribution < -0.4 is 0 Å². The van der Waals surface area contributed by atoms with Gasteiger partial charge in [-0.3, -0.25) is 0 Å². The molecule has 0 saturated heterocycles. The van der Waals surface area contributed by atoms with Gasteiger partial charge in [0.15, 0.2) is 17.5 Å². The van der Waals surface area contributed by atoms with Crippen LogP contribution in [-0.4, -0.2) is 15.0 Å². The molecule has 51 heavy (non-hydrogen) atoms. The predicted molar refractivity (Wildman–Crippen MR) is 209 cm³/mol. The molecule has 2 aromatic heterocycles. The third-order valence-corrected chi connectivity index (χ3v) is 9.71. The van der Waals surface area contributed by atoms with E-state index in [1.165, 1.54) is 10.8 Å². The van der Waals surface area contributed by atoms with E-state index in [4.69, 9.17) is 19.4 Å². The lowest BCUT2D eigenvalue weighted by Crippen LogP contribution is -2.01.